The third kappa shape index (κ3) is 4.81. The van der Waals surface area contributed by atoms with Gasteiger partial charge in [-0.1, -0.05) is 30.0 Å². The Bertz CT molecular complexity index is 575. The van der Waals surface area contributed by atoms with Gasteiger partial charge >= 0.3 is 12.0 Å². The van der Waals surface area contributed by atoms with E-state index in [1.54, 1.807) is 0 Å². The van der Waals surface area contributed by atoms with Crippen molar-refractivity contribution in [3.63, 3.8) is 0 Å². The Labute approximate surface area is 130 Å². The number of primary amides is 1. The summed E-state index contributed by atoms with van der Waals surface area (Å²) in [6.07, 6.45) is 2.00. The molecular weight excluding hydrogens is 280 g/mol. The number of likely N-dealkylation sites (tertiary alicyclic amines) is 1. The lowest BCUT2D eigenvalue weighted by Gasteiger charge is -2.30. The van der Waals surface area contributed by atoms with Crippen LogP contribution in [-0.2, 0) is 9.53 Å². The minimum Gasteiger partial charge on any atom is -0.464 e. The summed E-state index contributed by atoms with van der Waals surface area (Å²) >= 11 is 0. The number of rotatable bonds is 3. The highest BCUT2D eigenvalue weighted by Gasteiger charge is 2.28. The predicted molar refractivity (Wildman–Crippen MR) is 82.8 cm³/mol. The molecule has 0 spiro atoms. The third-order valence-electron chi connectivity index (χ3n) is 3.54. The van der Waals surface area contributed by atoms with Crippen molar-refractivity contribution < 1.29 is 14.3 Å². The minimum absolute atomic E-state index is 0.270. The summed E-state index contributed by atoms with van der Waals surface area (Å²) in [5.41, 5.74) is 6.18. The van der Waals surface area contributed by atoms with Gasteiger partial charge in [-0.25, -0.2) is 4.79 Å². The monoisotopic (exact) mass is 300 g/mol. The molecule has 1 fully saturated rings. The van der Waals surface area contributed by atoms with E-state index in [2.05, 4.69) is 11.8 Å². The number of ether oxygens (including phenoxy) is 1. The lowest BCUT2D eigenvalue weighted by atomic mass is 9.98. The quantitative estimate of drug-likeness (QED) is 0.525. The van der Waals surface area contributed by atoms with Crippen LogP contribution in [0.5, 0.6) is 0 Å². The van der Waals surface area contributed by atoms with Gasteiger partial charge in [-0.2, -0.15) is 0 Å². The number of benzene rings is 1. The molecule has 0 bridgehead atoms. The standard InChI is InChI=1S/C17H20N2O3/c18-17(21)19-11-6-10-15(13-19)16(20)22-12-5-4-9-14-7-2-1-3-8-14/h1-3,7-8,15H,5-6,10-13H2,(H2,18,21)/t15-/m1/s1. The molecule has 2 rings (SSSR count). The first-order valence-corrected chi connectivity index (χ1v) is 7.42. The molecule has 1 saturated heterocycles. The van der Waals surface area contributed by atoms with E-state index in [-0.39, 0.29) is 18.5 Å². The van der Waals surface area contributed by atoms with E-state index in [9.17, 15) is 9.59 Å². The maximum absolute atomic E-state index is 12.0. The normalized spacial score (nSPS) is 17.3. The van der Waals surface area contributed by atoms with Crippen LogP contribution in [0.3, 0.4) is 0 Å². The van der Waals surface area contributed by atoms with Crippen LogP contribution in [0.2, 0.25) is 0 Å². The molecule has 0 saturated carbocycles. The number of piperidine rings is 1. The first-order chi connectivity index (χ1) is 10.7. The average molecular weight is 300 g/mol. The molecule has 0 aliphatic carbocycles. The van der Waals surface area contributed by atoms with Crippen LogP contribution < -0.4 is 5.73 Å². The van der Waals surface area contributed by atoms with Gasteiger partial charge in [0, 0.05) is 25.1 Å². The zero-order valence-corrected chi connectivity index (χ0v) is 12.5. The summed E-state index contributed by atoms with van der Waals surface area (Å²) in [6, 6.07) is 9.17. The number of carbonyl (C=O) groups is 2. The van der Waals surface area contributed by atoms with Crippen LogP contribution in [-0.4, -0.2) is 36.6 Å². The highest BCUT2D eigenvalue weighted by Crippen LogP contribution is 2.17. The molecule has 1 aliphatic rings. The third-order valence-corrected chi connectivity index (χ3v) is 3.54. The molecule has 5 heteroatoms. The van der Waals surface area contributed by atoms with Crippen molar-refractivity contribution in [2.75, 3.05) is 19.7 Å². The van der Waals surface area contributed by atoms with E-state index in [4.69, 9.17) is 10.5 Å². The first-order valence-electron chi connectivity index (χ1n) is 7.42. The van der Waals surface area contributed by atoms with Gasteiger partial charge in [-0.15, -0.1) is 0 Å². The van der Waals surface area contributed by atoms with E-state index < -0.39 is 6.03 Å². The maximum atomic E-state index is 12.0. The van der Waals surface area contributed by atoms with E-state index in [0.717, 1.165) is 18.4 Å². The number of hydrogen-bond donors (Lipinski definition) is 1. The average Bonchev–Trinajstić information content (AvgIpc) is 2.55. The van der Waals surface area contributed by atoms with Crippen LogP contribution in [0.4, 0.5) is 4.79 Å². The van der Waals surface area contributed by atoms with Gasteiger partial charge in [-0.3, -0.25) is 4.79 Å². The summed E-state index contributed by atoms with van der Waals surface area (Å²) in [6.45, 7) is 1.23. The highest BCUT2D eigenvalue weighted by molar-refractivity contribution is 5.76. The summed E-state index contributed by atoms with van der Waals surface area (Å²) in [5.74, 6) is 5.44. The van der Waals surface area contributed by atoms with Gasteiger partial charge in [0.05, 0.1) is 5.92 Å². The molecule has 1 aromatic carbocycles. The van der Waals surface area contributed by atoms with Crippen LogP contribution in [0.15, 0.2) is 30.3 Å². The Hall–Kier alpha value is -2.48. The topological polar surface area (TPSA) is 72.6 Å². The molecule has 1 aromatic rings. The first kappa shape index (κ1) is 15.9. The molecule has 0 unspecified atom stereocenters. The summed E-state index contributed by atoms with van der Waals surface area (Å²) in [7, 11) is 0. The van der Waals surface area contributed by atoms with Crippen LogP contribution in [0.25, 0.3) is 0 Å². The SMILES string of the molecule is NC(=O)N1CCC[C@@H](C(=O)OCCC#Cc2ccccc2)C1. The molecule has 1 aliphatic heterocycles. The van der Waals surface area contributed by atoms with Crippen molar-refractivity contribution in [1.82, 2.24) is 4.90 Å². The van der Waals surface area contributed by atoms with Crippen molar-refractivity contribution in [3.05, 3.63) is 35.9 Å². The van der Waals surface area contributed by atoms with Crippen molar-refractivity contribution in [2.24, 2.45) is 11.7 Å². The Morgan fingerprint density at radius 3 is 2.82 bits per heavy atom. The molecule has 0 aromatic heterocycles. The number of nitrogens with two attached hydrogens (primary N) is 1. The maximum Gasteiger partial charge on any atom is 0.314 e. The van der Waals surface area contributed by atoms with E-state index in [0.29, 0.717) is 19.5 Å². The van der Waals surface area contributed by atoms with Gasteiger partial charge in [0.25, 0.3) is 0 Å². The number of hydrogen-bond acceptors (Lipinski definition) is 3. The fourth-order valence-corrected chi connectivity index (χ4v) is 2.38. The number of carbonyl (C=O) groups excluding carboxylic acids is 2. The second-order valence-electron chi connectivity index (χ2n) is 5.21. The molecule has 1 heterocycles. The second-order valence-corrected chi connectivity index (χ2v) is 5.21. The smallest absolute Gasteiger partial charge is 0.314 e. The van der Waals surface area contributed by atoms with Gasteiger partial charge in [0.2, 0.25) is 0 Å². The fourth-order valence-electron chi connectivity index (χ4n) is 2.38. The molecule has 22 heavy (non-hydrogen) atoms. The van der Waals surface area contributed by atoms with Crippen molar-refractivity contribution in [2.45, 2.75) is 19.3 Å². The van der Waals surface area contributed by atoms with Crippen LogP contribution in [0, 0.1) is 17.8 Å². The summed E-state index contributed by atoms with van der Waals surface area (Å²) in [5, 5.41) is 0. The van der Waals surface area contributed by atoms with Gasteiger partial charge in [0.1, 0.15) is 6.61 Å². The molecule has 116 valence electrons. The van der Waals surface area contributed by atoms with Gasteiger partial charge in [0.15, 0.2) is 0 Å². The zero-order chi connectivity index (χ0) is 15.8. The molecule has 0 radical (unpaired) electrons. The number of esters is 1. The number of urea groups is 1. The number of amides is 2. The van der Waals surface area contributed by atoms with E-state index >= 15 is 0 Å². The Kier molecular flexibility index (Phi) is 5.84. The Morgan fingerprint density at radius 2 is 2.09 bits per heavy atom. The predicted octanol–water partition coefficient (Wildman–Crippen LogP) is 1.76. The lowest BCUT2D eigenvalue weighted by Crippen LogP contribution is -2.45. The molecule has 5 nitrogen and oxygen atoms in total. The van der Waals surface area contributed by atoms with Crippen molar-refractivity contribution in [3.8, 4) is 11.8 Å². The largest absolute Gasteiger partial charge is 0.464 e. The van der Waals surface area contributed by atoms with E-state index in [1.165, 1.54) is 4.90 Å². The van der Waals surface area contributed by atoms with Crippen LogP contribution in [0.1, 0.15) is 24.8 Å². The van der Waals surface area contributed by atoms with Gasteiger partial charge in [-0.05, 0) is 25.0 Å². The molecule has 2 N–H and O–H groups in total. The molecular formula is C17H20N2O3. The fraction of sp³-hybridized carbons (Fsp3) is 0.412. The molecule has 2 amide bonds. The highest BCUT2D eigenvalue weighted by atomic mass is 16.5. The zero-order valence-electron chi connectivity index (χ0n) is 12.5. The summed E-state index contributed by atoms with van der Waals surface area (Å²) < 4.78 is 5.23. The Balaban J connectivity index is 1.72. The van der Waals surface area contributed by atoms with E-state index in [1.807, 2.05) is 30.3 Å². The lowest BCUT2D eigenvalue weighted by molar-refractivity contribution is -0.149. The van der Waals surface area contributed by atoms with Crippen LogP contribution >= 0.6 is 0 Å². The van der Waals surface area contributed by atoms with Gasteiger partial charge < -0.3 is 15.4 Å². The number of nitrogens with zero attached hydrogens (tertiary/aromatic N) is 1. The Morgan fingerprint density at radius 1 is 1.32 bits per heavy atom. The second kappa shape index (κ2) is 8.08. The van der Waals surface area contributed by atoms with Crippen molar-refractivity contribution in [1.29, 1.82) is 0 Å². The molecule has 1 atom stereocenters. The van der Waals surface area contributed by atoms with Crippen molar-refractivity contribution >= 4 is 12.0 Å². The summed E-state index contributed by atoms with van der Waals surface area (Å²) in [4.78, 5) is 24.6. The minimum atomic E-state index is -0.480.